The van der Waals surface area contributed by atoms with E-state index < -0.39 is 0 Å². The maximum Gasteiger partial charge on any atom is 0.231 e. The van der Waals surface area contributed by atoms with Crippen LogP contribution in [-0.4, -0.2) is 36.4 Å². The summed E-state index contributed by atoms with van der Waals surface area (Å²) in [6.45, 7) is 4.07. The molecule has 4 aromatic rings. The second-order valence-corrected chi connectivity index (χ2v) is 8.50. The third kappa shape index (κ3) is 4.46. The molecule has 0 aliphatic heterocycles. The Labute approximate surface area is 183 Å². The van der Waals surface area contributed by atoms with E-state index in [1.807, 2.05) is 38.1 Å². The van der Waals surface area contributed by atoms with Crippen molar-refractivity contribution in [1.29, 1.82) is 0 Å². The van der Waals surface area contributed by atoms with Gasteiger partial charge in [-0.05, 0) is 30.2 Å². The van der Waals surface area contributed by atoms with Gasteiger partial charge in [-0.25, -0.2) is 9.37 Å². The minimum Gasteiger partial charge on any atom is -0.345 e. The molecule has 7 nitrogen and oxygen atoms in total. The van der Waals surface area contributed by atoms with Gasteiger partial charge in [0.15, 0.2) is 11.0 Å². The molecule has 4 rings (SSSR count). The van der Waals surface area contributed by atoms with Gasteiger partial charge >= 0.3 is 0 Å². The number of hydrogen-bond donors (Lipinski definition) is 2. The van der Waals surface area contributed by atoms with E-state index in [9.17, 15) is 9.18 Å². The maximum atomic E-state index is 14.1. The van der Waals surface area contributed by atoms with Crippen LogP contribution in [0.5, 0.6) is 0 Å². The molecule has 2 aromatic carbocycles. The van der Waals surface area contributed by atoms with Gasteiger partial charge in [0.05, 0.1) is 28.4 Å². The lowest BCUT2D eigenvalue weighted by Crippen LogP contribution is -2.33. The average molecular weight is 439 g/mol. The molecule has 160 valence electrons. The molecular weight excluding hydrogens is 415 g/mol. The molecule has 0 saturated carbocycles. The number of para-hydroxylation sites is 2. The largest absolute Gasteiger partial charge is 0.345 e. The van der Waals surface area contributed by atoms with Crippen LogP contribution >= 0.6 is 11.8 Å². The topological polar surface area (TPSA) is 88.5 Å². The van der Waals surface area contributed by atoms with E-state index >= 15 is 0 Å². The van der Waals surface area contributed by atoms with Crippen LogP contribution < -0.4 is 5.32 Å². The smallest absolute Gasteiger partial charge is 0.231 e. The number of carbonyl (C=O) groups excluding carboxylic acids is 1. The second kappa shape index (κ2) is 8.89. The van der Waals surface area contributed by atoms with Gasteiger partial charge in [0.25, 0.3) is 0 Å². The van der Waals surface area contributed by atoms with Crippen LogP contribution in [0.2, 0.25) is 0 Å². The molecule has 2 N–H and O–H groups in total. The summed E-state index contributed by atoms with van der Waals surface area (Å²) in [5.41, 5.74) is 2.18. The quantitative estimate of drug-likeness (QED) is 0.424. The number of benzene rings is 2. The summed E-state index contributed by atoms with van der Waals surface area (Å²) in [5.74, 6) is 0.958. The Kier molecular flexibility index (Phi) is 6.03. The number of hydrogen-bond acceptors (Lipinski definition) is 5. The number of nitrogens with zero attached hydrogens (tertiary/aromatic N) is 4. The number of halogens is 1. The Morgan fingerprint density at radius 1 is 1.16 bits per heavy atom. The molecule has 0 radical (unpaired) electrons. The van der Waals surface area contributed by atoms with E-state index in [4.69, 9.17) is 0 Å². The monoisotopic (exact) mass is 438 g/mol. The fourth-order valence-corrected chi connectivity index (χ4v) is 4.06. The lowest BCUT2D eigenvalue weighted by Gasteiger charge is -2.20. The minimum absolute atomic E-state index is 0.139. The van der Waals surface area contributed by atoms with Crippen molar-refractivity contribution in [1.82, 2.24) is 30.0 Å². The maximum absolute atomic E-state index is 14.1. The van der Waals surface area contributed by atoms with Crippen LogP contribution in [0.25, 0.3) is 22.4 Å². The van der Waals surface area contributed by atoms with Crippen molar-refractivity contribution in [2.45, 2.75) is 25.0 Å². The molecule has 0 spiro atoms. The van der Waals surface area contributed by atoms with Crippen LogP contribution in [0, 0.1) is 11.7 Å². The number of imidazole rings is 1. The van der Waals surface area contributed by atoms with Crippen molar-refractivity contribution in [2.75, 3.05) is 5.75 Å². The SMILES string of the molecule is CC(C)[C@@H](NC(=O)CSc1nnc(-c2ccccc2F)n1C)c1nc2ccccc2[nH]1. The predicted molar refractivity (Wildman–Crippen MR) is 119 cm³/mol. The van der Waals surface area contributed by atoms with Crippen LogP contribution in [-0.2, 0) is 11.8 Å². The zero-order chi connectivity index (χ0) is 22.0. The molecule has 31 heavy (non-hydrogen) atoms. The molecule has 0 aliphatic rings. The highest BCUT2D eigenvalue weighted by molar-refractivity contribution is 7.99. The van der Waals surface area contributed by atoms with E-state index in [2.05, 4.69) is 25.5 Å². The molecular formula is C22H23FN6OS. The average Bonchev–Trinajstić information content (AvgIpc) is 3.34. The first-order valence-corrected chi connectivity index (χ1v) is 10.9. The molecule has 1 atom stereocenters. The molecule has 0 aliphatic carbocycles. The molecule has 9 heteroatoms. The van der Waals surface area contributed by atoms with E-state index in [0.717, 1.165) is 16.9 Å². The number of aromatic nitrogens is 5. The Morgan fingerprint density at radius 2 is 1.90 bits per heavy atom. The molecule has 0 bridgehead atoms. The highest BCUT2D eigenvalue weighted by Crippen LogP contribution is 2.26. The van der Waals surface area contributed by atoms with E-state index in [0.29, 0.717) is 16.5 Å². The number of amides is 1. The zero-order valence-electron chi connectivity index (χ0n) is 17.5. The number of rotatable bonds is 7. The van der Waals surface area contributed by atoms with Crippen LogP contribution in [0.15, 0.2) is 53.7 Å². The van der Waals surface area contributed by atoms with Gasteiger partial charge in [-0.1, -0.05) is 49.9 Å². The molecule has 1 amide bonds. The molecule has 0 unspecified atom stereocenters. The van der Waals surface area contributed by atoms with E-state index in [1.54, 1.807) is 29.8 Å². The van der Waals surface area contributed by atoms with Gasteiger partial charge in [-0.2, -0.15) is 0 Å². The normalized spacial score (nSPS) is 12.4. The summed E-state index contributed by atoms with van der Waals surface area (Å²) in [7, 11) is 1.76. The Balaban J connectivity index is 1.44. The second-order valence-electron chi connectivity index (χ2n) is 7.56. The Hall–Kier alpha value is -3.20. The standard InChI is InChI=1S/C22H23FN6OS/c1-13(2)19(20-24-16-10-6-7-11-17(16)25-20)26-18(30)12-31-22-28-27-21(29(22)3)14-8-4-5-9-15(14)23/h4-11,13,19H,12H2,1-3H3,(H,24,25)(H,26,30)/t19-/m1/s1. The Morgan fingerprint density at radius 3 is 2.65 bits per heavy atom. The Bertz CT molecular complexity index is 1180. The van der Waals surface area contributed by atoms with Crippen LogP contribution in [0.1, 0.15) is 25.7 Å². The molecule has 0 saturated heterocycles. The first-order chi connectivity index (χ1) is 14.9. The first-order valence-electron chi connectivity index (χ1n) is 9.95. The van der Waals surface area contributed by atoms with Crippen molar-refractivity contribution in [3.8, 4) is 11.4 Å². The van der Waals surface area contributed by atoms with Gasteiger partial charge < -0.3 is 14.9 Å². The highest BCUT2D eigenvalue weighted by Gasteiger charge is 2.22. The van der Waals surface area contributed by atoms with Gasteiger partial charge in [-0.3, -0.25) is 4.79 Å². The summed E-state index contributed by atoms with van der Waals surface area (Å²) in [5, 5.41) is 11.8. The van der Waals surface area contributed by atoms with E-state index in [-0.39, 0.29) is 29.4 Å². The third-order valence-corrected chi connectivity index (χ3v) is 5.99. The van der Waals surface area contributed by atoms with Gasteiger partial charge in [-0.15, -0.1) is 10.2 Å². The van der Waals surface area contributed by atoms with Crippen molar-refractivity contribution in [3.05, 3.63) is 60.2 Å². The van der Waals surface area contributed by atoms with Crippen molar-refractivity contribution in [3.63, 3.8) is 0 Å². The fourth-order valence-electron chi connectivity index (χ4n) is 3.33. The number of carbonyl (C=O) groups is 1. The molecule has 0 fully saturated rings. The van der Waals surface area contributed by atoms with E-state index in [1.165, 1.54) is 17.8 Å². The molecule has 2 aromatic heterocycles. The van der Waals surface area contributed by atoms with Gasteiger partial charge in [0.2, 0.25) is 5.91 Å². The number of thioether (sulfide) groups is 1. The molecule has 2 heterocycles. The van der Waals surface area contributed by atoms with Crippen molar-refractivity contribution >= 4 is 28.7 Å². The number of nitrogens with one attached hydrogen (secondary N) is 2. The summed E-state index contributed by atoms with van der Waals surface area (Å²) in [4.78, 5) is 20.6. The van der Waals surface area contributed by atoms with Crippen molar-refractivity contribution < 1.29 is 9.18 Å². The zero-order valence-corrected chi connectivity index (χ0v) is 18.3. The fraction of sp³-hybridized carbons (Fsp3) is 0.273. The highest BCUT2D eigenvalue weighted by atomic mass is 32.2. The lowest BCUT2D eigenvalue weighted by molar-refractivity contribution is -0.119. The number of H-pyrrole nitrogens is 1. The summed E-state index contributed by atoms with van der Waals surface area (Å²) >= 11 is 1.25. The summed E-state index contributed by atoms with van der Waals surface area (Å²) in [6, 6.07) is 13.9. The first kappa shape index (κ1) is 21.0. The lowest BCUT2D eigenvalue weighted by atomic mass is 10.0. The predicted octanol–water partition coefficient (Wildman–Crippen LogP) is 4.10. The third-order valence-electron chi connectivity index (χ3n) is 4.97. The van der Waals surface area contributed by atoms with Crippen LogP contribution in [0.4, 0.5) is 4.39 Å². The van der Waals surface area contributed by atoms with Gasteiger partial charge in [0.1, 0.15) is 11.6 Å². The summed E-state index contributed by atoms with van der Waals surface area (Å²) in [6.07, 6.45) is 0. The van der Waals surface area contributed by atoms with Gasteiger partial charge in [0, 0.05) is 7.05 Å². The summed E-state index contributed by atoms with van der Waals surface area (Å²) < 4.78 is 15.8. The van der Waals surface area contributed by atoms with Crippen molar-refractivity contribution in [2.24, 2.45) is 13.0 Å². The van der Waals surface area contributed by atoms with Crippen LogP contribution in [0.3, 0.4) is 0 Å². The number of fused-ring (bicyclic) bond motifs is 1. The number of aromatic amines is 1. The minimum atomic E-state index is -0.363.